The molecule has 2 rings (SSSR count). The lowest BCUT2D eigenvalue weighted by Gasteiger charge is -2.27. The third-order valence-electron chi connectivity index (χ3n) is 3.71. The summed E-state index contributed by atoms with van der Waals surface area (Å²) in [5.74, 6) is -0.517. The second kappa shape index (κ2) is 6.78. The minimum absolute atomic E-state index is 0.170. The van der Waals surface area contributed by atoms with Gasteiger partial charge in [0.15, 0.2) is 0 Å². The van der Waals surface area contributed by atoms with E-state index in [2.05, 4.69) is 15.6 Å². The van der Waals surface area contributed by atoms with E-state index in [-0.39, 0.29) is 6.54 Å². The zero-order chi connectivity index (χ0) is 15.3. The number of nitrogens with one attached hydrogen (secondary N) is 2. The minimum Gasteiger partial charge on any atom is -0.334 e. The molecule has 1 heterocycles. The Hall–Kier alpha value is -1.79. The number of hydrogen-bond donors (Lipinski definition) is 2. The maximum Gasteiger partial charge on any atom is 0.408 e. The van der Waals surface area contributed by atoms with Crippen LogP contribution in [0.2, 0.25) is 0 Å². The van der Waals surface area contributed by atoms with Gasteiger partial charge >= 0.3 is 12.2 Å². The van der Waals surface area contributed by atoms with E-state index in [9.17, 15) is 18.0 Å². The van der Waals surface area contributed by atoms with Crippen molar-refractivity contribution in [3.05, 3.63) is 30.1 Å². The molecule has 0 spiro atoms. The maximum atomic E-state index is 13.0. The van der Waals surface area contributed by atoms with Crippen molar-refractivity contribution in [3.63, 3.8) is 0 Å². The number of aromatic nitrogens is 1. The van der Waals surface area contributed by atoms with Gasteiger partial charge in [0.2, 0.25) is 0 Å². The van der Waals surface area contributed by atoms with E-state index in [1.165, 1.54) is 0 Å². The third-order valence-corrected chi connectivity index (χ3v) is 3.71. The fraction of sp³-hybridized carbons (Fsp3) is 0.571. The number of carbonyl (C=O) groups excluding carboxylic acids is 1. The summed E-state index contributed by atoms with van der Waals surface area (Å²) < 4.78 is 39.1. The highest BCUT2D eigenvalue weighted by atomic mass is 19.4. The Kier molecular flexibility index (Phi) is 5.03. The first kappa shape index (κ1) is 15.6. The molecule has 0 saturated heterocycles. The van der Waals surface area contributed by atoms with E-state index in [1.807, 2.05) is 0 Å². The van der Waals surface area contributed by atoms with Crippen LogP contribution in [-0.2, 0) is 6.54 Å². The molecular formula is C14H18F3N3O. The summed E-state index contributed by atoms with van der Waals surface area (Å²) in [7, 11) is 0. The SMILES string of the molecule is O=C(NCc1ccncc1)N[C@@H](C1CCCC1)C(F)(F)F. The average Bonchev–Trinajstić information content (AvgIpc) is 2.96. The van der Waals surface area contributed by atoms with E-state index >= 15 is 0 Å². The molecule has 1 atom stereocenters. The summed E-state index contributed by atoms with van der Waals surface area (Å²) >= 11 is 0. The molecular weight excluding hydrogens is 283 g/mol. The molecule has 1 aromatic heterocycles. The van der Waals surface area contributed by atoms with Gasteiger partial charge in [0.05, 0.1) is 0 Å². The lowest BCUT2D eigenvalue weighted by molar-refractivity contribution is -0.164. The molecule has 0 aromatic carbocycles. The highest BCUT2D eigenvalue weighted by molar-refractivity contribution is 5.74. The molecule has 116 valence electrons. The van der Waals surface area contributed by atoms with E-state index in [4.69, 9.17) is 0 Å². The van der Waals surface area contributed by atoms with Crippen molar-refractivity contribution in [2.75, 3.05) is 0 Å². The molecule has 21 heavy (non-hydrogen) atoms. The lowest BCUT2D eigenvalue weighted by atomic mass is 9.98. The first-order chi connectivity index (χ1) is 9.97. The van der Waals surface area contributed by atoms with Crippen LogP contribution in [-0.4, -0.2) is 23.2 Å². The molecule has 1 aliphatic rings. The van der Waals surface area contributed by atoms with Gasteiger partial charge < -0.3 is 10.6 Å². The van der Waals surface area contributed by atoms with Gasteiger partial charge in [0, 0.05) is 18.9 Å². The van der Waals surface area contributed by atoms with Crippen LogP contribution in [0, 0.1) is 5.92 Å². The predicted octanol–water partition coefficient (Wildman–Crippen LogP) is 3.00. The Balaban J connectivity index is 1.89. The van der Waals surface area contributed by atoms with Gasteiger partial charge in [-0.1, -0.05) is 12.8 Å². The Bertz CT molecular complexity index is 458. The average molecular weight is 301 g/mol. The summed E-state index contributed by atoms with van der Waals surface area (Å²) in [4.78, 5) is 15.5. The number of urea groups is 1. The van der Waals surface area contributed by atoms with Crippen LogP contribution >= 0.6 is 0 Å². The predicted molar refractivity (Wildman–Crippen MR) is 71.4 cm³/mol. The van der Waals surface area contributed by atoms with Crippen molar-refractivity contribution in [1.82, 2.24) is 15.6 Å². The Morgan fingerprint density at radius 3 is 2.48 bits per heavy atom. The number of rotatable bonds is 4. The van der Waals surface area contributed by atoms with Crippen LogP contribution < -0.4 is 10.6 Å². The number of nitrogens with zero attached hydrogens (tertiary/aromatic N) is 1. The van der Waals surface area contributed by atoms with Crippen LogP contribution in [0.3, 0.4) is 0 Å². The van der Waals surface area contributed by atoms with Gasteiger partial charge in [0.25, 0.3) is 0 Å². The van der Waals surface area contributed by atoms with E-state index < -0.39 is 24.2 Å². The number of amides is 2. The molecule has 1 aliphatic carbocycles. The van der Waals surface area contributed by atoms with Crippen molar-refractivity contribution in [1.29, 1.82) is 0 Å². The van der Waals surface area contributed by atoms with Crippen molar-refractivity contribution >= 4 is 6.03 Å². The number of pyridine rings is 1. The van der Waals surface area contributed by atoms with Gasteiger partial charge in [-0.05, 0) is 36.5 Å². The fourth-order valence-corrected chi connectivity index (χ4v) is 2.63. The van der Waals surface area contributed by atoms with Crippen LogP contribution in [0.25, 0.3) is 0 Å². The summed E-state index contributed by atoms with van der Waals surface area (Å²) in [5.41, 5.74) is 0.782. The minimum atomic E-state index is -4.41. The molecule has 0 bridgehead atoms. The van der Waals surface area contributed by atoms with Crippen LogP contribution in [0.4, 0.5) is 18.0 Å². The number of alkyl halides is 3. The third kappa shape index (κ3) is 4.61. The van der Waals surface area contributed by atoms with Crippen molar-refractivity contribution in [2.45, 2.75) is 44.4 Å². The second-order valence-corrected chi connectivity index (χ2v) is 5.25. The van der Waals surface area contributed by atoms with Gasteiger partial charge in [-0.25, -0.2) is 4.79 Å². The maximum absolute atomic E-state index is 13.0. The highest BCUT2D eigenvalue weighted by Crippen LogP contribution is 2.35. The van der Waals surface area contributed by atoms with Crippen LogP contribution in [0.5, 0.6) is 0 Å². The van der Waals surface area contributed by atoms with E-state index in [0.29, 0.717) is 12.8 Å². The zero-order valence-corrected chi connectivity index (χ0v) is 11.5. The van der Waals surface area contributed by atoms with Gasteiger partial charge in [-0.3, -0.25) is 4.98 Å². The van der Waals surface area contributed by atoms with E-state index in [0.717, 1.165) is 18.4 Å². The Labute approximate surface area is 121 Å². The topological polar surface area (TPSA) is 54.0 Å². The first-order valence-electron chi connectivity index (χ1n) is 6.97. The summed E-state index contributed by atoms with van der Waals surface area (Å²) in [6, 6.07) is 0.829. The second-order valence-electron chi connectivity index (χ2n) is 5.25. The number of hydrogen-bond acceptors (Lipinski definition) is 2. The molecule has 2 amide bonds. The smallest absolute Gasteiger partial charge is 0.334 e. The molecule has 2 N–H and O–H groups in total. The quantitative estimate of drug-likeness (QED) is 0.898. The summed E-state index contributed by atoms with van der Waals surface area (Å²) in [6.07, 6.45) is 1.31. The molecule has 4 nitrogen and oxygen atoms in total. The number of halogens is 3. The zero-order valence-electron chi connectivity index (χ0n) is 11.5. The molecule has 0 radical (unpaired) electrons. The molecule has 1 fully saturated rings. The fourth-order valence-electron chi connectivity index (χ4n) is 2.63. The normalized spacial score (nSPS) is 17.5. The molecule has 1 saturated carbocycles. The molecule has 0 aliphatic heterocycles. The largest absolute Gasteiger partial charge is 0.408 e. The van der Waals surface area contributed by atoms with Crippen molar-refractivity contribution in [2.24, 2.45) is 5.92 Å². The number of carbonyl (C=O) groups is 1. The Morgan fingerprint density at radius 2 is 1.90 bits per heavy atom. The van der Waals surface area contributed by atoms with Crippen molar-refractivity contribution in [3.8, 4) is 0 Å². The molecule has 1 aromatic rings. The lowest BCUT2D eigenvalue weighted by Crippen LogP contribution is -2.52. The van der Waals surface area contributed by atoms with Gasteiger partial charge in [-0.15, -0.1) is 0 Å². The molecule has 7 heteroatoms. The van der Waals surface area contributed by atoms with Crippen LogP contribution in [0.1, 0.15) is 31.2 Å². The van der Waals surface area contributed by atoms with Crippen LogP contribution in [0.15, 0.2) is 24.5 Å². The van der Waals surface area contributed by atoms with E-state index in [1.54, 1.807) is 24.5 Å². The van der Waals surface area contributed by atoms with Gasteiger partial charge in [0.1, 0.15) is 6.04 Å². The summed E-state index contributed by atoms with van der Waals surface area (Å²) in [6.45, 7) is 0.170. The first-order valence-corrected chi connectivity index (χ1v) is 6.97. The monoisotopic (exact) mass is 301 g/mol. The summed E-state index contributed by atoms with van der Waals surface area (Å²) in [5, 5.41) is 4.53. The van der Waals surface area contributed by atoms with Crippen molar-refractivity contribution < 1.29 is 18.0 Å². The van der Waals surface area contributed by atoms with Gasteiger partial charge in [-0.2, -0.15) is 13.2 Å². The Morgan fingerprint density at radius 1 is 1.29 bits per heavy atom. The standard InChI is InChI=1S/C14H18F3N3O/c15-14(16,17)12(11-3-1-2-4-11)20-13(21)19-9-10-5-7-18-8-6-10/h5-8,11-12H,1-4,9H2,(H2,19,20,21)/t12-/m0/s1. The highest BCUT2D eigenvalue weighted by Gasteiger charge is 2.46. The molecule has 0 unspecified atom stereocenters.